The molecule has 0 saturated carbocycles. The number of nitrogens with zero attached hydrogens (tertiary/aromatic N) is 1. The van der Waals surface area contributed by atoms with Crippen molar-refractivity contribution < 1.29 is 14.3 Å². The van der Waals surface area contributed by atoms with Crippen molar-refractivity contribution in [1.82, 2.24) is 0 Å². The average Bonchev–Trinajstić information content (AvgIpc) is 2.82. The average molecular weight is 245 g/mol. The summed E-state index contributed by atoms with van der Waals surface area (Å²) in [6, 6.07) is 7.47. The maximum atomic E-state index is 10.9. The van der Waals surface area contributed by atoms with Crippen molar-refractivity contribution in [3.05, 3.63) is 30.0 Å². The van der Waals surface area contributed by atoms with Crippen molar-refractivity contribution >= 4 is 22.6 Å². The van der Waals surface area contributed by atoms with Crippen molar-refractivity contribution in [3.63, 3.8) is 0 Å². The molecule has 4 heteroatoms. The number of furan rings is 1. The summed E-state index contributed by atoms with van der Waals surface area (Å²) in [6.07, 6.45) is 3.73. The summed E-state index contributed by atoms with van der Waals surface area (Å²) < 4.78 is 5.33. The lowest BCUT2D eigenvalue weighted by Crippen LogP contribution is -2.29. The fraction of sp³-hybridized carbons (Fsp3) is 0.357. The number of aromatic carboxylic acids is 1. The quantitative estimate of drug-likeness (QED) is 0.883. The predicted molar refractivity (Wildman–Crippen MR) is 69.2 cm³/mol. The Bertz CT molecular complexity index is 582. The predicted octanol–water partition coefficient (Wildman–Crippen LogP) is 3.12. The van der Waals surface area contributed by atoms with E-state index in [4.69, 9.17) is 9.52 Å². The van der Waals surface area contributed by atoms with E-state index in [1.165, 1.54) is 19.3 Å². The minimum atomic E-state index is -1.02. The number of piperidine rings is 1. The van der Waals surface area contributed by atoms with Gasteiger partial charge in [-0.25, -0.2) is 4.79 Å². The molecule has 2 heterocycles. The second-order valence-electron chi connectivity index (χ2n) is 4.69. The minimum absolute atomic E-state index is 0.000735. The Balaban J connectivity index is 1.96. The fourth-order valence-electron chi connectivity index (χ4n) is 2.47. The second-order valence-corrected chi connectivity index (χ2v) is 4.69. The van der Waals surface area contributed by atoms with Crippen LogP contribution in [0, 0.1) is 0 Å². The lowest BCUT2D eigenvalue weighted by molar-refractivity contribution is 0.0665. The van der Waals surface area contributed by atoms with Crippen molar-refractivity contribution in [2.45, 2.75) is 19.3 Å². The largest absolute Gasteiger partial charge is 0.475 e. The van der Waals surface area contributed by atoms with Gasteiger partial charge in [0.15, 0.2) is 0 Å². The van der Waals surface area contributed by atoms with Crippen molar-refractivity contribution in [1.29, 1.82) is 0 Å². The number of carboxylic acids is 1. The Labute approximate surface area is 105 Å². The zero-order valence-electron chi connectivity index (χ0n) is 10.1. The standard InChI is InChI=1S/C14H15NO3/c16-14(17)13-8-10-4-5-11(9-12(10)18-13)15-6-2-1-3-7-15/h4-5,8-9H,1-3,6-7H2,(H,16,17). The highest BCUT2D eigenvalue weighted by Crippen LogP contribution is 2.27. The van der Waals surface area contributed by atoms with Crippen LogP contribution in [-0.4, -0.2) is 24.2 Å². The van der Waals surface area contributed by atoms with E-state index >= 15 is 0 Å². The van der Waals surface area contributed by atoms with Gasteiger partial charge in [0.1, 0.15) is 5.58 Å². The van der Waals surface area contributed by atoms with Gasteiger partial charge in [0, 0.05) is 30.2 Å². The third-order valence-electron chi connectivity index (χ3n) is 3.44. The number of fused-ring (bicyclic) bond motifs is 1. The van der Waals surface area contributed by atoms with Crippen molar-refractivity contribution in [2.75, 3.05) is 18.0 Å². The monoisotopic (exact) mass is 245 g/mol. The second kappa shape index (κ2) is 4.37. The van der Waals surface area contributed by atoms with E-state index in [-0.39, 0.29) is 5.76 Å². The summed E-state index contributed by atoms with van der Waals surface area (Å²) in [6.45, 7) is 2.13. The number of anilines is 1. The molecule has 1 aromatic carbocycles. The summed E-state index contributed by atoms with van der Waals surface area (Å²) >= 11 is 0. The summed E-state index contributed by atoms with van der Waals surface area (Å²) in [5.41, 5.74) is 1.77. The lowest BCUT2D eigenvalue weighted by atomic mass is 10.1. The molecule has 18 heavy (non-hydrogen) atoms. The first kappa shape index (κ1) is 11.1. The van der Waals surface area contributed by atoms with Crippen LogP contribution in [0.3, 0.4) is 0 Å². The first-order chi connectivity index (χ1) is 8.74. The summed E-state index contributed by atoms with van der Waals surface area (Å²) in [5.74, 6) is -1.02. The molecule has 4 nitrogen and oxygen atoms in total. The van der Waals surface area contributed by atoms with Crippen LogP contribution in [0.15, 0.2) is 28.7 Å². The van der Waals surface area contributed by atoms with E-state index in [2.05, 4.69) is 4.90 Å². The van der Waals surface area contributed by atoms with Gasteiger partial charge < -0.3 is 14.4 Å². The molecule has 0 radical (unpaired) electrons. The minimum Gasteiger partial charge on any atom is -0.475 e. The molecular formula is C14H15NO3. The van der Waals surface area contributed by atoms with Gasteiger partial charge >= 0.3 is 5.97 Å². The molecule has 0 spiro atoms. The van der Waals surface area contributed by atoms with Crippen LogP contribution >= 0.6 is 0 Å². The number of carboxylic acid groups (broad SMARTS) is 1. The molecule has 1 fully saturated rings. The van der Waals surface area contributed by atoms with E-state index in [1.807, 2.05) is 18.2 Å². The molecular weight excluding hydrogens is 230 g/mol. The molecule has 3 rings (SSSR count). The van der Waals surface area contributed by atoms with Gasteiger partial charge in [0.25, 0.3) is 0 Å². The van der Waals surface area contributed by atoms with Crippen LogP contribution < -0.4 is 4.90 Å². The van der Waals surface area contributed by atoms with Crippen LogP contribution in [0.4, 0.5) is 5.69 Å². The molecule has 0 aliphatic carbocycles. The smallest absolute Gasteiger partial charge is 0.371 e. The van der Waals surface area contributed by atoms with Gasteiger partial charge in [0.05, 0.1) is 0 Å². The number of benzene rings is 1. The molecule has 0 amide bonds. The molecule has 1 aliphatic rings. The Hall–Kier alpha value is -1.97. The summed E-state index contributed by atoms with van der Waals surface area (Å²) in [4.78, 5) is 13.2. The number of hydrogen-bond acceptors (Lipinski definition) is 3. The van der Waals surface area contributed by atoms with E-state index in [0.29, 0.717) is 5.58 Å². The van der Waals surface area contributed by atoms with E-state index in [0.717, 1.165) is 24.2 Å². The Morgan fingerprint density at radius 1 is 1.17 bits per heavy atom. The van der Waals surface area contributed by atoms with Crippen molar-refractivity contribution in [3.8, 4) is 0 Å². The van der Waals surface area contributed by atoms with E-state index in [9.17, 15) is 4.79 Å². The highest BCUT2D eigenvalue weighted by Gasteiger charge is 2.14. The molecule has 0 atom stereocenters. The summed E-state index contributed by atoms with van der Waals surface area (Å²) in [7, 11) is 0. The lowest BCUT2D eigenvalue weighted by Gasteiger charge is -2.28. The normalized spacial score (nSPS) is 16.1. The van der Waals surface area contributed by atoms with Crippen LogP contribution in [0.25, 0.3) is 11.0 Å². The van der Waals surface area contributed by atoms with Crippen LogP contribution in [0.1, 0.15) is 29.8 Å². The van der Waals surface area contributed by atoms with Gasteiger partial charge in [-0.1, -0.05) is 0 Å². The van der Waals surface area contributed by atoms with E-state index in [1.54, 1.807) is 6.07 Å². The van der Waals surface area contributed by atoms with Gasteiger partial charge in [-0.15, -0.1) is 0 Å². The molecule has 1 aromatic heterocycles. The van der Waals surface area contributed by atoms with Crippen molar-refractivity contribution in [2.24, 2.45) is 0 Å². The molecule has 1 aliphatic heterocycles. The summed E-state index contributed by atoms with van der Waals surface area (Å²) in [5, 5.41) is 9.74. The Kier molecular flexibility index (Phi) is 2.70. The zero-order valence-corrected chi connectivity index (χ0v) is 10.1. The Morgan fingerprint density at radius 2 is 1.94 bits per heavy atom. The third-order valence-corrected chi connectivity index (χ3v) is 3.44. The third kappa shape index (κ3) is 1.94. The highest BCUT2D eigenvalue weighted by atomic mass is 16.4. The Morgan fingerprint density at radius 3 is 2.67 bits per heavy atom. The van der Waals surface area contributed by atoms with Gasteiger partial charge in [-0.05, 0) is 37.5 Å². The maximum absolute atomic E-state index is 10.9. The molecule has 94 valence electrons. The maximum Gasteiger partial charge on any atom is 0.371 e. The first-order valence-corrected chi connectivity index (χ1v) is 6.26. The SMILES string of the molecule is O=C(O)c1cc2ccc(N3CCCCC3)cc2o1. The first-order valence-electron chi connectivity index (χ1n) is 6.26. The molecule has 0 unspecified atom stereocenters. The van der Waals surface area contributed by atoms with Gasteiger partial charge in [0.2, 0.25) is 5.76 Å². The molecule has 1 N–H and O–H groups in total. The topological polar surface area (TPSA) is 53.7 Å². The number of carbonyl (C=O) groups is 1. The fourth-order valence-corrected chi connectivity index (χ4v) is 2.47. The van der Waals surface area contributed by atoms with Crippen LogP contribution in [0.5, 0.6) is 0 Å². The van der Waals surface area contributed by atoms with Gasteiger partial charge in [-0.2, -0.15) is 0 Å². The zero-order chi connectivity index (χ0) is 12.5. The molecule has 0 bridgehead atoms. The van der Waals surface area contributed by atoms with Crippen LogP contribution in [-0.2, 0) is 0 Å². The van der Waals surface area contributed by atoms with E-state index < -0.39 is 5.97 Å². The molecule has 1 saturated heterocycles. The van der Waals surface area contributed by atoms with Crippen LogP contribution in [0.2, 0.25) is 0 Å². The number of hydrogen-bond donors (Lipinski definition) is 1. The highest BCUT2D eigenvalue weighted by molar-refractivity contribution is 5.92. The van der Waals surface area contributed by atoms with Gasteiger partial charge in [-0.3, -0.25) is 0 Å². The molecule has 2 aromatic rings. The number of rotatable bonds is 2.